The highest BCUT2D eigenvalue weighted by atomic mass is 16.5. The van der Waals surface area contributed by atoms with Gasteiger partial charge in [0, 0.05) is 10.9 Å². The van der Waals surface area contributed by atoms with E-state index in [1.54, 1.807) is 6.92 Å². The molecule has 0 saturated carbocycles. The van der Waals surface area contributed by atoms with Crippen molar-refractivity contribution in [2.45, 2.75) is 6.92 Å². The normalized spacial score (nSPS) is 10.4. The van der Waals surface area contributed by atoms with E-state index < -0.39 is 11.7 Å². The maximum atomic E-state index is 11.6. The van der Waals surface area contributed by atoms with E-state index in [-0.39, 0.29) is 22.8 Å². The van der Waals surface area contributed by atoms with Gasteiger partial charge in [-0.1, -0.05) is 0 Å². The fraction of sp³-hybridized carbons (Fsp3) is 0.167. The number of amides is 1. The lowest BCUT2D eigenvalue weighted by Crippen LogP contribution is -2.15. The minimum absolute atomic E-state index is 0.128. The molecule has 100 valence electrons. The van der Waals surface area contributed by atoms with Gasteiger partial charge in [0.15, 0.2) is 11.5 Å². The largest absolute Gasteiger partial charge is 0.504 e. The number of anilines is 1. The smallest absolute Gasteiger partial charge is 0.409 e. The Labute approximate surface area is 107 Å². The number of aryl methyl sites for hydroxylation is 1. The maximum absolute atomic E-state index is 11.6. The Bertz CT molecular complexity index is 718. The summed E-state index contributed by atoms with van der Waals surface area (Å²) in [6.45, 7) is 1.56. The van der Waals surface area contributed by atoms with Crippen molar-refractivity contribution in [3.63, 3.8) is 0 Å². The maximum Gasteiger partial charge on any atom is 0.409 e. The van der Waals surface area contributed by atoms with Crippen LogP contribution in [0, 0.1) is 6.92 Å². The van der Waals surface area contributed by atoms with Crippen LogP contribution in [0.25, 0.3) is 11.0 Å². The predicted octanol–water partition coefficient (Wildman–Crippen LogP) is 1.91. The molecular formula is C12H11NO6. The summed E-state index contributed by atoms with van der Waals surface area (Å²) in [6, 6.07) is 2.78. The molecule has 1 heterocycles. The average molecular weight is 265 g/mol. The van der Waals surface area contributed by atoms with Crippen LogP contribution in [0.1, 0.15) is 5.56 Å². The van der Waals surface area contributed by atoms with Gasteiger partial charge in [-0.2, -0.15) is 0 Å². The van der Waals surface area contributed by atoms with Gasteiger partial charge >= 0.3 is 11.7 Å². The van der Waals surface area contributed by atoms with E-state index in [2.05, 4.69) is 0 Å². The zero-order valence-electron chi connectivity index (χ0n) is 10.2. The zero-order valence-corrected chi connectivity index (χ0v) is 10.2. The van der Waals surface area contributed by atoms with E-state index >= 15 is 0 Å². The number of benzene rings is 1. The van der Waals surface area contributed by atoms with Crippen LogP contribution in [0.5, 0.6) is 11.5 Å². The summed E-state index contributed by atoms with van der Waals surface area (Å²) in [4.78, 5) is 22.1. The minimum Gasteiger partial charge on any atom is -0.504 e. The number of carbonyl (C=O) groups is 1. The summed E-state index contributed by atoms with van der Waals surface area (Å²) in [5.41, 5.74) is -0.512. The third kappa shape index (κ3) is 2.17. The van der Waals surface area contributed by atoms with Crippen molar-refractivity contribution in [2.75, 3.05) is 12.4 Å². The van der Waals surface area contributed by atoms with Crippen LogP contribution in [-0.4, -0.2) is 23.4 Å². The van der Waals surface area contributed by atoms with Gasteiger partial charge in [-0.15, -0.1) is 0 Å². The Balaban J connectivity index is 2.75. The molecule has 7 nitrogen and oxygen atoms in total. The van der Waals surface area contributed by atoms with E-state index in [1.807, 2.05) is 5.32 Å². The van der Waals surface area contributed by atoms with Gasteiger partial charge in [-0.3, -0.25) is 5.32 Å². The van der Waals surface area contributed by atoms with Gasteiger partial charge in [0.25, 0.3) is 0 Å². The van der Waals surface area contributed by atoms with Crippen molar-refractivity contribution < 1.29 is 24.2 Å². The molecule has 1 aromatic carbocycles. The number of fused-ring (bicyclic) bond motifs is 1. The van der Waals surface area contributed by atoms with Crippen LogP contribution in [-0.2, 0) is 0 Å². The Kier molecular flexibility index (Phi) is 3.04. The van der Waals surface area contributed by atoms with Crippen LogP contribution in [0.15, 0.2) is 21.3 Å². The summed E-state index contributed by atoms with van der Waals surface area (Å²) in [7, 11) is 1.38. The van der Waals surface area contributed by atoms with Crippen molar-refractivity contribution in [1.82, 2.24) is 0 Å². The molecule has 0 radical (unpaired) electrons. The fourth-order valence-electron chi connectivity index (χ4n) is 1.75. The van der Waals surface area contributed by atoms with Crippen LogP contribution in [0.4, 0.5) is 10.5 Å². The molecule has 0 fully saturated rings. The molecule has 3 N–H and O–H groups in total. The third-order valence-corrected chi connectivity index (χ3v) is 2.65. The van der Waals surface area contributed by atoms with Gasteiger partial charge in [-0.05, 0) is 19.1 Å². The van der Waals surface area contributed by atoms with E-state index in [0.717, 1.165) is 0 Å². The number of carboxylic acid groups (broad SMARTS) is 1. The van der Waals surface area contributed by atoms with E-state index in [1.165, 1.54) is 19.2 Å². The Morgan fingerprint density at radius 2 is 2.11 bits per heavy atom. The van der Waals surface area contributed by atoms with Gasteiger partial charge < -0.3 is 19.4 Å². The number of aromatic hydroxyl groups is 1. The van der Waals surface area contributed by atoms with E-state index in [4.69, 9.17) is 14.3 Å². The zero-order chi connectivity index (χ0) is 14.2. The standard InChI is InChI=1S/C12H11NO6/c1-5-9(14)8(18-2)4-6-3-7(13-12(16)17)11(15)19-10(5)6/h3-4,13-14H,1-2H3,(H,16,17). The number of methoxy groups -OCH3 is 1. The molecule has 7 heteroatoms. The van der Waals surface area contributed by atoms with Crippen LogP contribution in [0.3, 0.4) is 0 Å². The first kappa shape index (κ1) is 12.7. The summed E-state index contributed by atoms with van der Waals surface area (Å²) in [6.07, 6.45) is -1.37. The Morgan fingerprint density at radius 1 is 1.42 bits per heavy atom. The quantitative estimate of drug-likeness (QED) is 0.715. The van der Waals surface area contributed by atoms with Gasteiger partial charge in [0.2, 0.25) is 0 Å². The van der Waals surface area contributed by atoms with Gasteiger partial charge in [-0.25, -0.2) is 9.59 Å². The Morgan fingerprint density at radius 3 is 2.68 bits per heavy atom. The molecule has 1 aromatic heterocycles. The monoisotopic (exact) mass is 265 g/mol. The number of ether oxygens (including phenoxy) is 1. The highest BCUT2D eigenvalue weighted by molar-refractivity contribution is 5.90. The van der Waals surface area contributed by atoms with Crippen molar-refractivity contribution in [3.05, 3.63) is 28.1 Å². The van der Waals surface area contributed by atoms with Crippen LogP contribution in [0.2, 0.25) is 0 Å². The molecule has 0 aliphatic carbocycles. The Hall–Kier alpha value is -2.70. The molecule has 0 unspecified atom stereocenters. The second kappa shape index (κ2) is 4.52. The number of rotatable bonds is 2. The molecular weight excluding hydrogens is 254 g/mol. The molecule has 0 aliphatic rings. The molecule has 0 atom stereocenters. The first-order chi connectivity index (χ1) is 8.93. The predicted molar refractivity (Wildman–Crippen MR) is 67.1 cm³/mol. The molecule has 0 bridgehead atoms. The lowest BCUT2D eigenvalue weighted by molar-refractivity contribution is 0.209. The molecule has 0 aliphatic heterocycles. The van der Waals surface area contributed by atoms with E-state index in [9.17, 15) is 14.7 Å². The molecule has 0 spiro atoms. The SMILES string of the molecule is COc1cc2cc(NC(=O)O)c(=O)oc2c(C)c1O. The number of hydrogen-bond acceptors (Lipinski definition) is 5. The topological polar surface area (TPSA) is 109 Å². The van der Waals surface area contributed by atoms with Crippen LogP contribution >= 0.6 is 0 Å². The van der Waals surface area contributed by atoms with Gasteiger partial charge in [0.1, 0.15) is 11.3 Å². The number of phenolic OH excluding ortho intramolecular Hbond substituents is 1. The highest BCUT2D eigenvalue weighted by Crippen LogP contribution is 2.35. The fourth-order valence-corrected chi connectivity index (χ4v) is 1.75. The molecule has 19 heavy (non-hydrogen) atoms. The van der Waals surface area contributed by atoms with Crippen molar-refractivity contribution in [3.8, 4) is 11.5 Å². The third-order valence-electron chi connectivity index (χ3n) is 2.65. The van der Waals surface area contributed by atoms with Crippen molar-refractivity contribution >= 4 is 22.7 Å². The average Bonchev–Trinajstić information content (AvgIpc) is 2.35. The van der Waals surface area contributed by atoms with Crippen LogP contribution < -0.4 is 15.7 Å². The summed E-state index contributed by atoms with van der Waals surface area (Å²) in [5.74, 6) is 0.0808. The molecule has 2 rings (SSSR count). The summed E-state index contributed by atoms with van der Waals surface area (Å²) < 4.78 is 9.99. The second-order valence-corrected chi connectivity index (χ2v) is 3.85. The lowest BCUT2D eigenvalue weighted by Gasteiger charge is -2.09. The molecule has 0 saturated heterocycles. The lowest BCUT2D eigenvalue weighted by atomic mass is 10.1. The first-order valence-electron chi connectivity index (χ1n) is 5.28. The summed E-state index contributed by atoms with van der Waals surface area (Å²) >= 11 is 0. The number of hydrogen-bond donors (Lipinski definition) is 3. The summed E-state index contributed by atoms with van der Waals surface area (Å²) in [5, 5.41) is 20.8. The van der Waals surface area contributed by atoms with E-state index in [0.29, 0.717) is 10.9 Å². The second-order valence-electron chi connectivity index (χ2n) is 3.85. The molecule has 2 aromatic rings. The number of phenols is 1. The minimum atomic E-state index is -1.37. The first-order valence-corrected chi connectivity index (χ1v) is 5.28. The highest BCUT2D eigenvalue weighted by Gasteiger charge is 2.15. The van der Waals surface area contributed by atoms with Crippen molar-refractivity contribution in [2.24, 2.45) is 0 Å². The number of nitrogens with one attached hydrogen (secondary N) is 1. The van der Waals surface area contributed by atoms with Crippen molar-refractivity contribution in [1.29, 1.82) is 0 Å². The molecule has 1 amide bonds. The van der Waals surface area contributed by atoms with Gasteiger partial charge in [0.05, 0.1) is 7.11 Å².